The Morgan fingerprint density at radius 3 is 2.67 bits per heavy atom. The highest BCUT2D eigenvalue weighted by atomic mass is 32.2. The number of nitrogens with zero attached hydrogens (tertiary/aromatic N) is 5. The molecular formula is C17H14N6O3S. The van der Waals surface area contributed by atoms with E-state index in [1.807, 2.05) is 0 Å². The number of carbonyl (C=O) groups is 1. The number of nitrogens with one attached hydrogen (secondary N) is 1. The second-order valence-corrected chi connectivity index (χ2v) is 6.43. The van der Waals surface area contributed by atoms with Gasteiger partial charge in [0.2, 0.25) is 5.91 Å². The Morgan fingerprint density at radius 2 is 1.96 bits per heavy atom. The van der Waals surface area contributed by atoms with Crippen molar-refractivity contribution in [2.45, 2.75) is 16.7 Å². The molecule has 1 heterocycles. The van der Waals surface area contributed by atoms with Crippen molar-refractivity contribution >= 4 is 35.3 Å². The Kier molecular flexibility index (Phi) is 5.57. The highest BCUT2D eigenvalue weighted by Gasteiger charge is 2.17. The van der Waals surface area contributed by atoms with Gasteiger partial charge in [0, 0.05) is 23.4 Å². The zero-order chi connectivity index (χ0) is 19.2. The van der Waals surface area contributed by atoms with E-state index >= 15 is 0 Å². The highest BCUT2D eigenvalue weighted by Crippen LogP contribution is 2.38. The van der Waals surface area contributed by atoms with Gasteiger partial charge in [-0.1, -0.05) is 30.0 Å². The smallest absolute Gasteiger partial charge is 0.283 e. The van der Waals surface area contributed by atoms with E-state index in [1.54, 1.807) is 36.4 Å². The Morgan fingerprint density at radius 1 is 1.22 bits per heavy atom. The molecule has 1 aromatic heterocycles. The normalized spacial score (nSPS) is 10.9. The summed E-state index contributed by atoms with van der Waals surface area (Å²) >= 11 is 1.21. The molecule has 0 radical (unpaired) electrons. The number of carbonyl (C=O) groups excluding carboxylic acids is 1. The summed E-state index contributed by atoms with van der Waals surface area (Å²) in [6.07, 6.45) is 4.30. The summed E-state index contributed by atoms with van der Waals surface area (Å²) in [5.74, 6) is -0.210. The lowest BCUT2D eigenvalue weighted by Gasteiger charge is -2.09. The van der Waals surface area contributed by atoms with Gasteiger partial charge in [-0.05, 0) is 18.2 Å². The predicted octanol–water partition coefficient (Wildman–Crippen LogP) is 3.18. The van der Waals surface area contributed by atoms with Crippen molar-refractivity contribution in [3.63, 3.8) is 0 Å². The van der Waals surface area contributed by atoms with Crippen LogP contribution in [-0.4, -0.2) is 31.9 Å². The van der Waals surface area contributed by atoms with Crippen molar-refractivity contribution in [2.75, 3.05) is 5.32 Å². The molecule has 0 aliphatic carbocycles. The first-order valence-electron chi connectivity index (χ1n) is 7.75. The Bertz CT molecular complexity index is 1000. The largest absolute Gasteiger partial charge is 0.325 e. The molecule has 0 aliphatic rings. The SMILES string of the molecule is CC(=O)Nc1ccccc1Sc1ccc(C=Nn2cnnc2)cc1[N+](=O)[O-]. The molecule has 0 aliphatic heterocycles. The lowest BCUT2D eigenvalue weighted by molar-refractivity contribution is -0.387. The van der Waals surface area contributed by atoms with Crippen LogP contribution in [0, 0.1) is 10.1 Å². The molecule has 3 aromatic rings. The molecule has 0 fully saturated rings. The number of hydrogen-bond acceptors (Lipinski definition) is 7. The lowest BCUT2D eigenvalue weighted by atomic mass is 10.2. The van der Waals surface area contributed by atoms with Crippen LogP contribution < -0.4 is 5.32 Å². The second-order valence-electron chi connectivity index (χ2n) is 5.35. The Balaban J connectivity index is 1.90. The summed E-state index contributed by atoms with van der Waals surface area (Å²) in [5, 5.41) is 25.6. The van der Waals surface area contributed by atoms with Gasteiger partial charge in [-0.15, -0.1) is 10.2 Å². The lowest BCUT2D eigenvalue weighted by Crippen LogP contribution is -2.06. The van der Waals surface area contributed by atoms with Gasteiger partial charge in [-0.25, -0.2) is 4.68 Å². The highest BCUT2D eigenvalue weighted by molar-refractivity contribution is 7.99. The van der Waals surface area contributed by atoms with E-state index in [1.165, 1.54) is 48.3 Å². The fraction of sp³-hybridized carbons (Fsp3) is 0.0588. The van der Waals surface area contributed by atoms with Crippen LogP contribution in [-0.2, 0) is 4.79 Å². The van der Waals surface area contributed by atoms with E-state index in [-0.39, 0.29) is 11.6 Å². The number of nitro groups is 1. The van der Waals surface area contributed by atoms with Crippen LogP contribution >= 0.6 is 11.8 Å². The van der Waals surface area contributed by atoms with Crippen LogP contribution in [0.5, 0.6) is 0 Å². The third-order valence-corrected chi connectivity index (χ3v) is 4.49. The summed E-state index contributed by atoms with van der Waals surface area (Å²) in [6, 6.07) is 12.0. The molecule has 0 spiro atoms. The first-order chi connectivity index (χ1) is 13.0. The standard InChI is InChI=1S/C17H14N6O3S/c1-12(24)21-14-4-2-3-5-16(14)27-17-7-6-13(8-15(17)23(25)26)9-20-22-10-18-19-11-22/h2-11H,1H3,(H,21,24). The van der Waals surface area contributed by atoms with Gasteiger partial charge in [-0.2, -0.15) is 5.10 Å². The zero-order valence-corrected chi connectivity index (χ0v) is 15.0. The summed E-state index contributed by atoms with van der Waals surface area (Å²) in [7, 11) is 0. The van der Waals surface area contributed by atoms with Crippen LogP contribution in [0.2, 0.25) is 0 Å². The zero-order valence-electron chi connectivity index (χ0n) is 14.1. The quantitative estimate of drug-likeness (QED) is 0.398. The summed E-state index contributed by atoms with van der Waals surface area (Å²) < 4.78 is 1.39. The fourth-order valence-corrected chi connectivity index (χ4v) is 3.19. The summed E-state index contributed by atoms with van der Waals surface area (Å²) in [6.45, 7) is 1.41. The van der Waals surface area contributed by atoms with Gasteiger partial charge in [-0.3, -0.25) is 14.9 Å². The molecular weight excluding hydrogens is 368 g/mol. The van der Waals surface area contributed by atoms with Gasteiger partial charge in [0.1, 0.15) is 12.7 Å². The van der Waals surface area contributed by atoms with Crippen LogP contribution in [0.4, 0.5) is 11.4 Å². The molecule has 10 heteroatoms. The van der Waals surface area contributed by atoms with E-state index in [0.29, 0.717) is 21.0 Å². The van der Waals surface area contributed by atoms with Gasteiger partial charge in [0.25, 0.3) is 5.69 Å². The van der Waals surface area contributed by atoms with E-state index in [4.69, 9.17) is 0 Å². The van der Waals surface area contributed by atoms with Crippen molar-refractivity contribution in [3.05, 3.63) is 70.8 Å². The molecule has 1 N–H and O–H groups in total. The first-order valence-corrected chi connectivity index (χ1v) is 8.56. The number of anilines is 1. The fourth-order valence-electron chi connectivity index (χ4n) is 2.20. The molecule has 9 nitrogen and oxygen atoms in total. The number of benzene rings is 2. The van der Waals surface area contributed by atoms with E-state index in [9.17, 15) is 14.9 Å². The van der Waals surface area contributed by atoms with Gasteiger partial charge < -0.3 is 5.32 Å². The molecule has 0 bridgehead atoms. The third-order valence-electron chi connectivity index (χ3n) is 3.34. The minimum atomic E-state index is -0.445. The van der Waals surface area contributed by atoms with Crippen LogP contribution in [0.25, 0.3) is 0 Å². The maximum atomic E-state index is 11.5. The molecule has 1 amide bonds. The average Bonchev–Trinajstić information content (AvgIpc) is 3.15. The van der Waals surface area contributed by atoms with Crippen molar-refractivity contribution in [1.29, 1.82) is 0 Å². The van der Waals surface area contributed by atoms with Crippen molar-refractivity contribution in [2.24, 2.45) is 5.10 Å². The Hall–Kier alpha value is -3.53. The van der Waals surface area contributed by atoms with Crippen LogP contribution in [0.3, 0.4) is 0 Å². The molecule has 0 atom stereocenters. The topological polar surface area (TPSA) is 115 Å². The molecule has 0 unspecified atom stereocenters. The Labute approximate surface area is 158 Å². The van der Waals surface area contributed by atoms with Gasteiger partial charge >= 0.3 is 0 Å². The summed E-state index contributed by atoms with van der Waals surface area (Å²) in [5.41, 5.74) is 1.11. The van der Waals surface area contributed by atoms with E-state index in [0.717, 1.165) is 0 Å². The monoisotopic (exact) mass is 382 g/mol. The molecule has 0 saturated heterocycles. The first kappa shape index (κ1) is 18.3. The molecule has 3 rings (SSSR count). The number of amides is 1. The number of para-hydroxylation sites is 1. The number of hydrogen-bond donors (Lipinski definition) is 1. The predicted molar refractivity (Wildman–Crippen MR) is 101 cm³/mol. The molecule has 27 heavy (non-hydrogen) atoms. The summed E-state index contributed by atoms with van der Waals surface area (Å²) in [4.78, 5) is 23.6. The van der Waals surface area contributed by atoms with Crippen molar-refractivity contribution < 1.29 is 9.72 Å². The molecule has 136 valence electrons. The number of aromatic nitrogens is 3. The third kappa shape index (κ3) is 4.76. The number of rotatable bonds is 6. The number of nitro benzene ring substituents is 1. The van der Waals surface area contributed by atoms with Crippen LogP contribution in [0.1, 0.15) is 12.5 Å². The van der Waals surface area contributed by atoms with E-state index < -0.39 is 4.92 Å². The molecule has 2 aromatic carbocycles. The average molecular weight is 382 g/mol. The van der Waals surface area contributed by atoms with Gasteiger partial charge in [0.15, 0.2) is 0 Å². The van der Waals surface area contributed by atoms with Crippen molar-refractivity contribution in [1.82, 2.24) is 14.9 Å². The second kappa shape index (κ2) is 8.23. The van der Waals surface area contributed by atoms with Gasteiger partial charge in [0.05, 0.1) is 21.7 Å². The molecule has 0 saturated carbocycles. The van der Waals surface area contributed by atoms with Crippen LogP contribution in [0.15, 0.2) is 70.0 Å². The van der Waals surface area contributed by atoms with Crippen molar-refractivity contribution in [3.8, 4) is 0 Å². The van der Waals surface area contributed by atoms with E-state index in [2.05, 4.69) is 20.6 Å². The maximum absolute atomic E-state index is 11.5. The maximum Gasteiger partial charge on any atom is 0.283 e. The minimum Gasteiger partial charge on any atom is -0.325 e. The minimum absolute atomic E-state index is 0.0506.